The molecule has 3 nitrogen and oxygen atoms in total. The Hall–Kier alpha value is -0.100. The molecular weight excluding hydrogens is 279 g/mol. The molecule has 0 aromatic carbocycles. The van der Waals surface area contributed by atoms with E-state index in [0.717, 1.165) is 12.3 Å². The van der Waals surface area contributed by atoms with Gasteiger partial charge in [0.25, 0.3) is 0 Å². The molecule has 0 N–H and O–H groups in total. The number of aromatic nitrogens is 2. The van der Waals surface area contributed by atoms with Crippen molar-refractivity contribution in [1.82, 2.24) is 9.78 Å². The predicted molar refractivity (Wildman–Crippen MR) is 60.4 cm³/mol. The highest BCUT2D eigenvalue weighted by molar-refractivity contribution is 14.1. The molecule has 1 aromatic rings. The monoisotopic (exact) mass is 294 g/mol. The number of rotatable bonds is 4. The Morgan fingerprint density at radius 3 is 2.77 bits per heavy atom. The third-order valence-electron chi connectivity index (χ3n) is 1.54. The van der Waals surface area contributed by atoms with Crippen LogP contribution in [0.25, 0.3) is 0 Å². The van der Waals surface area contributed by atoms with E-state index in [1.54, 1.807) is 0 Å². The average Bonchev–Trinajstić information content (AvgIpc) is 2.29. The summed E-state index contributed by atoms with van der Waals surface area (Å²) < 4.78 is 8.48. The van der Waals surface area contributed by atoms with Gasteiger partial charge < -0.3 is 4.74 Å². The Labute approximate surface area is 92.6 Å². The lowest BCUT2D eigenvalue weighted by Gasteiger charge is -2.04. The SMILES string of the molecule is CC(C)COCc1nn(C)cc1I. The largest absolute Gasteiger partial charge is 0.375 e. The van der Waals surface area contributed by atoms with Gasteiger partial charge in [-0.25, -0.2) is 0 Å². The maximum Gasteiger partial charge on any atom is 0.101 e. The summed E-state index contributed by atoms with van der Waals surface area (Å²) in [5, 5.41) is 4.29. The molecule has 1 aromatic heterocycles. The first-order chi connectivity index (χ1) is 6.09. The fourth-order valence-corrected chi connectivity index (χ4v) is 1.66. The van der Waals surface area contributed by atoms with Crippen molar-refractivity contribution < 1.29 is 4.74 Å². The second-order valence-corrected chi connectivity index (χ2v) is 4.67. The number of halogens is 1. The number of aryl methyl sites for hydroxylation is 1. The van der Waals surface area contributed by atoms with Crippen LogP contribution in [0.3, 0.4) is 0 Å². The van der Waals surface area contributed by atoms with Crippen LogP contribution in [0.1, 0.15) is 19.5 Å². The van der Waals surface area contributed by atoms with Gasteiger partial charge in [-0.1, -0.05) is 13.8 Å². The molecule has 4 heteroatoms. The van der Waals surface area contributed by atoms with Crippen molar-refractivity contribution in [1.29, 1.82) is 0 Å². The molecule has 0 saturated carbocycles. The van der Waals surface area contributed by atoms with E-state index in [9.17, 15) is 0 Å². The third kappa shape index (κ3) is 3.64. The van der Waals surface area contributed by atoms with Gasteiger partial charge in [0.1, 0.15) is 5.69 Å². The Morgan fingerprint density at radius 1 is 1.62 bits per heavy atom. The number of hydrogen-bond acceptors (Lipinski definition) is 2. The lowest BCUT2D eigenvalue weighted by atomic mass is 10.2. The molecule has 74 valence electrons. The lowest BCUT2D eigenvalue weighted by Crippen LogP contribution is -2.03. The molecule has 0 saturated heterocycles. The summed E-state index contributed by atoms with van der Waals surface area (Å²) in [5.74, 6) is 0.585. The van der Waals surface area contributed by atoms with E-state index < -0.39 is 0 Å². The molecule has 0 bridgehead atoms. The standard InChI is InChI=1S/C9H15IN2O/c1-7(2)5-13-6-9-8(10)4-12(3)11-9/h4,7H,5-6H2,1-3H3. The van der Waals surface area contributed by atoms with Crippen LogP contribution in [0.2, 0.25) is 0 Å². The lowest BCUT2D eigenvalue weighted by molar-refractivity contribution is 0.0941. The summed E-state index contributed by atoms with van der Waals surface area (Å²) in [6.07, 6.45) is 1.99. The van der Waals surface area contributed by atoms with Gasteiger partial charge in [-0.3, -0.25) is 4.68 Å². The predicted octanol–water partition coefficient (Wildman–Crippen LogP) is 2.20. The van der Waals surface area contributed by atoms with Crippen LogP contribution in [-0.2, 0) is 18.4 Å². The second kappa shape index (κ2) is 4.95. The van der Waals surface area contributed by atoms with Gasteiger partial charge in [-0.15, -0.1) is 0 Å². The zero-order chi connectivity index (χ0) is 9.84. The zero-order valence-electron chi connectivity index (χ0n) is 8.25. The van der Waals surface area contributed by atoms with E-state index in [1.165, 1.54) is 3.57 Å². The van der Waals surface area contributed by atoms with E-state index in [2.05, 4.69) is 41.5 Å². The molecule has 0 atom stereocenters. The highest BCUT2D eigenvalue weighted by atomic mass is 127. The number of nitrogens with zero attached hydrogens (tertiary/aromatic N) is 2. The summed E-state index contributed by atoms with van der Waals surface area (Å²) in [5.41, 5.74) is 1.03. The first-order valence-electron chi connectivity index (χ1n) is 4.35. The van der Waals surface area contributed by atoms with E-state index in [0.29, 0.717) is 12.5 Å². The third-order valence-corrected chi connectivity index (χ3v) is 2.45. The molecule has 0 amide bonds. The molecule has 0 aliphatic heterocycles. The van der Waals surface area contributed by atoms with Crippen LogP contribution in [-0.4, -0.2) is 16.4 Å². The summed E-state index contributed by atoms with van der Waals surface area (Å²) in [7, 11) is 1.92. The van der Waals surface area contributed by atoms with E-state index in [4.69, 9.17) is 4.74 Å². The zero-order valence-corrected chi connectivity index (χ0v) is 10.4. The topological polar surface area (TPSA) is 27.1 Å². The van der Waals surface area contributed by atoms with Gasteiger partial charge in [0.05, 0.1) is 10.2 Å². The van der Waals surface area contributed by atoms with Crippen molar-refractivity contribution in [3.05, 3.63) is 15.5 Å². The summed E-state index contributed by atoms with van der Waals surface area (Å²) >= 11 is 2.27. The highest BCUT2D eigenvalue weighted by Crippen LogP contribution is 2.10. The van der Waals surface area contributed by atoms with Crippen LogP contribution >= 0.6 is 22.6 Å². The highest BCUT2D eigenvalue weighted by Gasteiger charge is 2.04. The average molecular weight is 294 g/mol. The molecule has 13 heavy (non-hydrogen) atoms. The molecule has 0 aliphatic rings. The van der Waals surface area contributed by atoms with Crippen molar-refractivity contribution in [3.63, 3.8) is 0 Å². The molecule has 0 spiro atoms. The van der Waals surface area contributed by atoms with Gasteiger partial charge in [0, 0.05) is 19.9 Å². The number of ether oxygens (including phenoxy) is 1. The Morgan fingerprint density at radius 2 is 2.31 bits per heavy atom. The van der Waals surface area contributed by atoms with Crippen molar-refractivity contribution >= 4 is 22.6 Å². The van der Waals surface area contributed by atoms with Gasteiger partial charge >= 0.3 is 0 Å². The van der Waals surface area contributed by atoms with Gasteiger partial charge in [0.2, 0.25) is 0 Å². The van der Waals surface area contributed by atoms with E-state index in [-0.39, 0.29) is 0 Å². The first kappa shape index (κ1) is 11.0. The fourth-order valence-electron chi connectivity index (χ4n) is 0.995. The molecule has 0 radical (unpaired) electrons. The van der Waals surface area contributed by atoms with Crippen LogP contribution in [0.5, 0.6) is 0 Å². The molecule has 0 aliphatic carbocycles. The minimum atomic E-state index is 0.585. The van der Waals surface area contributed by atoms with Crippen LogP contribution < -0.4 is 0 Å². The molecule has 1 heterocycles. The van der Waals surface area contributed by atoms with Gasteiger partial charge in [-0.2, -0.15) is 5.10 Å². The van der Waals surface area contributed by atoms with Crippen LogP contribution in [0.15, 0.2) is 6.20 Å². The summed E-state index contributed by atoms with van der Waals surface area (Å²) in [4.78, 5) is 0. The van der Waals surface area contributed by atoms with Crippen molar-refractivity contribution in [2.75, 3.05) is 6.61 Å². The van der Waals surface area contributed by atoms with Crippen molar-refractivity contribution in [2.45, 2.75) is 20.5 Å². The van der Waals surface area contributed by atoms with Crippen LogP contribution in [0.4, 0.5) is 0 Å². The first-order valence-corrected chi connectivity index (χ1v) is 5.43. The van der Waals surface area contributed by atoms with Crippen LogP contribution in [0, 0.1) is 9.49 Å². The molecule has 1 rings (SSSR count). The quantitative estimate of drug-likeness (QED) is 0.796. The second-order valence-electron chi connectivity index (χ2n) is 3.51. The van der Waals surface area contributed by atoms with Crippen molar-refractivity contribution in [2.24, 2.45) is 13.0 Å². The summed E-state index contributed by atoms with van der Waals surface area (Å²) in [6.45, 7) is 5.71. The molecule has 0 fully saturated rings. The normalized spacial score (nSPS) is 11.2. The minimum Gasteiger partial charge on any atom is -0.375 e. The molecular formula is C9H15IN2O. The Bertz CT molecular complexity index is 271. The van der Waals surface area contributed by atoms with E-state index in [1.807, 2.05) is 17.9 Å². The maximum absolute atomic E-state index is 5.49. The maximum atomic E-state index is 5.49. The van der Waals surface area contributed by atoms with Gasteiger partial charge in [-0.05, 0) is 28.5 Å². The number of hydrogen-bond donors (Lipinski definition) is 0. The fraction of sp³-hybridized carbons (Fsp3) is 0.667. The smallest absolute Gasteiger partial charge is 0.101 e. The van der Waals surface area contributed by atoms with E-state index >= 15 is 0 Å². The molecule has 0 unspecified atom stereocenters. The van der Waals surface area contributed by atoms with Crippen molar-refractivity contribution in [3.8, 4) is 0 Å². The van der Waals surface area contributed by atoms with Gasteiger partial charge in [0.15, 0.2) is 0 Å². The summed E-state index contributed by atoms with van der Waals surface area (Å²) in [6, 6.07) is 0. The Kier molecular flexibility index (Phi) is 4.18. The minimum absolute atomic E-state index is 0.585. The Balaban J connectivity index is 2.40.